The maximum atomic E-state index is 3.44. The Morgan fingerprint density at radius 3 is 2.64 bits per heavy atom. The van der Waals surface area contributed by atoms with Gasteiger partial charge in [-0.3, -0.25) is 0 Å². The summed E-state index contributed by atoms with van der Waals surface area (Å²) >= 11 is 0. The highest BCUT2D eigenvalue weighted by molar-refractivity contribution is 4.73. The van der Waals surface area contributed by atoms with Gasteiger partial charge in [-0.1, -0.05) is 40.0 Å². The minimum Gasteiger partial charge on any atom is -0.317 e. The van der Waals surface area contributed by atoms with Crippen molar-refractivity contribution in [2.75, 3.05) is 13.1 Å². The molecule has 1 aliphatic rings. The van der Waals surface area contributed by atoms with Crippen LogP contribution in [0, 0.1) is 17.8 Å². The van der Waals surface area contributed by atoms with Crippen molar-refractivity contribution in [2.24, 2.45) is 17.8 Å². The zero-order valence-electron chi connectivity index (χ0n) is 10.2. The van der Waals surface area contributed by atoms with Crippen molar-refractivity contribution in [3.63, 3.8) is 0 Å². The fraction of sp³-hybridized carbons (Fsp3) is 1.00. The largest absolute Gasteiger partial charge is 0.317 e. The quantitative estimate of drug-likeness (QED) is 0.537. The van der Waals surface area contributed by atoms with Gasteiger partial charge in [0.05, 0.1) is 0 Å². The molecule has 0 spiro atoms. The molecule has 0 aliphatic heterocycles. The number of hydrogen-bond acceptors (Lipinski definition) is 1. The Labute approximate surface area is 89.7 Å². The van der Waals surface area contributed by atoms with Gasteiger partial charge in [0.1, 0.15) is 0 Å². The van der Waals surface area contributed by atoms with Crippen LogP contribution in [0.3, 0.4) is 0 Å². The topological polar surface area (TPSA) is 12.0 Å². The predicted octanol–water partition coefficient (Wildman–Crippen LogP) is 3.45. The van der Waals surface area contributed by atoms with E-state index in [2.05, 4.69) is 26.1 Å². The number of hydrogen-bond donors (Lipinski definition) is 1. The summed E-state index contributed by atoms with van der Waals surface area (Å²) in [7, 11) is 0. The van der Waals surface area contributed by atoms with Crippen molar-refractivity contribution in [2.45, 2.75) is 52.9 Å². The second-order valence-electron chi connectivity index (χ2n) is 5.13. The summed E-state index contributed by atoms with van der Waals surface area (Å²) in [6.07, 6.45) is 7.25. The van der Waals surface area contributed by atoms with E-state index >= 15 is 0 Å². The zero-order chi connectivity index (χ0) is 10.4. The van der Waals surface area contributed by atoms with Crippen LogP contribution in [0.4, 0.5) is 0 Å². The molecular weight excluding hydrogens is 170 g/mol. The normalized spacial score (nSPS) is 34.1. The highest BCUT2D eigenvalue weighted by atomic mass is 14.8. The van der Waals surface area contributed by atoms with Crippen molar-refractivity contribution >= 4 is 0 Å². The van der Waals surface area contributed by atoms with E-state index < -0.39 is 0 Å². The Kier molecular flexibility index (Phi) is 5.54. The summed E-state index contributed by atoms with van der Waals surface area (Å²) in [6.45, 7) is 9.41. The molecule has 1 aliphatic carbocycles. The maximum absolute atomic E-state index is 3.44. The molecule has 0 radical (unpaired) electrons. The summed E-state index contributed by atoms with van der Waals surface area (Å²) in [4.78, 5) is 0. The van der Waals surface area contributed by atoms with Crippen molar-refractivity contribution in [1.82, 2.24) is 5.32 Å². The first-order valence-corrected chi connectivity index (χ1v) is 6.44. The first kappa shape index (κ1) is 12.0. The van der Waals surface area contributed by atoms with Gasteiger partial charge in [-0.05, 0) is 43.7 Å². The van der Waals surface area contributed by atoms with Gasteiger partial charge >= 0.3 is 0 Å². The van der Waals surface area contributed by atoms with Crippen LogP contribution in [0.25, 0.3) is 0 Å². The Hall–Kier alpha value is -0.0400. The molecule has 0 amide bonds. The van der Waals surface area contributed by atoms with Crippen LogP contribution in [0.1, 0.15) is 52.9 Å². The molecule has 1 saturated carbocycles. The molecule has 0 aromatic carbocycles. The van der Waals surface area contributed by atoms with E-state index in [1.54, 1.807) is 0 Å². The molecule has 3 atom stereocenters. The standard InChI is InChI=1S/C13H27N/c1-4-14-9-8-13-7-5-6-11(2)12(3)10-13/h11-14H,4-10H2,1-3H3. The summed E-state index contributed by atoms with van der Waals surface area (Å²) in [5.74, 6) is 2.90. The third-order valence-corrected chi connectivity index (χ3v) is 3.93. The maximum Gasteiger partial charge on any atom is -0.00464 e. The van der Waals surface area contributed by atoms with E-state index in [1.807, 2.05) is 0 Å². The van der Waals surface area contributed by atoms with Gasteiger partial charge in [0, 0.05) is 0 Å². The Morgan fingerprint density at radius 2 is 1.93 bits per heavy atom. The van der Waals surface area contributed by atoms with Gasteiger partial charge in [-0.15, -0.1) is 0 Å². The fourth-order valence-corrected chi connectivity index (χ4v) is 2.63. The molecule has 0 aromatic rings. The monoisotopic (exact) mass is 197 g/mol. The number of rotatable bonds is 4. The molecule has 0 aromatic heterocycles. The van der Waals surface area contributed by atoms with Gasteiger partial charge in [-0.25, -0.2) is 0 Å². The fourth-order valence-electron chi connectivity index (χ4n) is 2.63. The predicted molar refractivity (Wildman–Crippen MR) is 63.4 cm³/mol. The van der Waals surface area contributed by atoms with Crippen LogP contribution in [-0.4, -0.2) is 13.1 Å². The molecule has 0 heterocycles. The summed E-state index contributed by atoms with van der Waals surface area (Å²) in [5.41, 5.74) is 0. The first-order valence-electron chi connectivity index (χ1n) is 6.44. The lowest BCUT2D eigenvalue weighted by molar-refractivity contribution is 0.319. The van der Waals surface area contributed by atoms with Gasteiger partial charge in [0.25, 0.3) is 0 Å². The van der Waals surface area contributed by atoms with Crippen LogP contribution >= 0.6 is 0 Å². The van der Waals surface area contributed by atoms with Crippen molar-refractivity contribution in [3.05, 3.63) is 0 Å². The SMILES string of the molecule is CCNCCC1CCCC(C)C(C)C1. The van der Waals surface area contributed by atoms with Gasteiger partial charge in [-0.2, -0.15) is 0 Å². The van der Waals surface area contributed by atoms with Gasteiger partial charge in [0.15, 0.2) is 0 Å². The van der Waals surface area contributed by atoms with Gasteiger partial charge in [0.2, 0.25) is 0 Å². The van der Waals surface area contributed by atoms with E-state index in [0.717, 1.165) is 24.3 Å². The average Bonchev–Trinajstić information content (AvgIpc) is 2.31. The summed E-state index contributed by atoms with van der Waals surface area (Å²) in [6, 6.07) is 0. The zero-order valence-corrected chi connectivity index (χ0v) is 10.2. The van der Waals surface area contributed by atoms with E-state index in [1.165, 1.54) is 38.6 Å². The highest BCUT2D eigenvalue weighted by Gasteiger charge is 2.21. The summed E-state index contributed by atoms with van der Waals surface area (Å²) in [5, 5.41) is 3.44. The van der Waals surface area contributed by atoms with Crippen molar-refractivity contribution < 1.29 is 0 Å². The van der Waals surface area contributed by atoms with Crippen LogP contribution in [0.15, 0.2) is 0 Å². The van der Waals surface area contributed by atoms with Crippen molar-refractivity contribution in [1.29, 1.82) is 0 Å². The molecule has 1 fully saturated rings. The minimum absolute atomic E-state index is 0.948. The van der Waals surface area contributed by atoms with E-state index in [-0.39, 0.29) is 0 Å². The Bertz CT molecular complexity index is 144. The lowest BCUT2D eigenvalue weighted by atomic mass is 9.87. The van der Waals surface area contributed by atoms with E-state index in [4.69, 9.17) is 0 Å². The molecule has 1 heteroatoms. The lowest BCUT2D eigenvalue weighted by Gasteiger charge is -2.20. The van der Waals surface area contributed by atoms with E-state index in [9.17, 15) is 0 Å². The molecule has 1 N–H and O–H groups in total. The molecule has 0 bridgehead atoms. The minimum atomic E-state index is 0.948. The molecule has 0 saturated heterocycles. The van der Waals surface area contributed by atoms with Crippen LogP contribution in [0.2, 0.25) is 0 Å². The average molecular weight is 197 g/mol. The lowest BCUT2D eigenvalue weighted by Crippen LogP contribution is -2.18. The summed E-state index contributed by atoms with van der Waals surface area (Å²) < 4.78 is 0. The van der Waals surface area contributed by atoms with Crippen LogP contribution < -0.4 is 5.32 Å². The molecular formula is C13H27N. The third kappa shape index (κ3) is 4.00. The molecule has 1 nitrogen and oxygen atoms in total. The molecule has 1 rings (SSSR count). The highest BCUT2D eigenvalue weighted by Crippen LogP contribution is 2.32. The molecule has 84 valence electrons. The van der Waals surface area contributed by atoms with Gasteiger partial charge < -0.3 is 5.32 Å². The van der Waals surface area contributed by atoms with Crippen LogP contribution in [0.5, 0.6) is 0 Å². The van der Waals surface area contributed by atoms with E-state index in [0.29, 0.717) is 0 Å². The second-order valence-corrected chi connectivity index (χ2v) is 5.13. The van der Waals surface area contributed by atoms with Crippen LogP contribution in [-0.2, 0) is 0 Å². The van der Waals surface area contributed by atoms with Crippen molar-refractivity contribution in [3.8, 4) is 0 Å². The molecule has 14 heavy (non-hydrogen) atoms. The smallest absolute Gasteiger partial charge is 0.00464 e. The molecule has 3 unspecified atom stereocenters. The first-order chi connectivity index (χ1) is 6.74. The third-order valence-electron chi connectivity index (χ3n) is 3.93. The number of nitrogens with one attached hydrogen (secondary N) is 1. The second kappa shape index (κ2) is 6.44. The Morgan fingerprint density at radius 1 is 1.14 bits per heavy atom. The Balaban J connectivity index is 2.24.